The molecule has 0 aliphatic heterocycles. The summed E-state index contributed by atoms with van der Waals surface area (Å²) in [5, 5.41) is 11.5. The van der Waals surface area contributed by atoms with Gasteiger partial charge in [0.2, 0.25) is 5.89 Å². The zero-order valence-corrected chi connectivity index (χ0v) is 16.9. The number of aromatic nitrogens is 2. The molecule has 0 saturated heterocycles. The van der Waals surface area contributed by atoms with Gasteiger partial charge in [0.1, 0.15) is 5.75 Å². The number of esters is 1. The highest BCUT2D eigenvalue weighted by Crippen LogP contribution is 2.24. The van der Waals surface area contributed by atoms with Gasteiger partial charge in [0.15, 0.2) is 6.61 Å². The molecule has 1 heterocycles. The van der Waals surface area contributed by atoms with E-state index in [1.807, 2.05) is 0 Å². The molecule has 9 heteroatoms. The lowest BCUT2D eigenvalue weighted by molar-refractivity contribution is -0.146. The van der Waals surface area contributed by atoms with Crippen molar-refractivity contribution in [3.05, 3.63) is 29.3 Å². The monoisotopic (exact) mass is 423 g/mol. The van der Waals surface area contributed by atoms with E-state index in [9.17, 15) is 9.59 Å². The summed E-state index contributed by atoms with van der Waals surface area (Å²) < 4.78 is 10.5. The normalized spacial score (nSPS) is 14.6. The molecule has 1 aliphatic carbocycles. The van der Waals surface area contributed by atoms with Crippen molar-refractivity contribution in [1.82, 2.24) is 15.5 Å². The van der Waals surface area contributed by atoms with Crippen molar-refractivity contribution in [3.63, 3.8) is 0 Å². The number of nitrogens with one attached hydrogen (secondary N) is 1. The second-order valence-corrected chi connectivity index (χ2v) is 8.00. The standard InChI is InChI=1S/C19H22ClN3O4S/c20-15-8-6-14(7-9-15)18-22-23-19(27-18)28-12-17(25)26-11-16(24)21-10-13-4-2-1-3-5-13/h6-9,13H,1-5,10-12H2,(H,21,24). The molecular formula is C19H22ClN3O4S. The Bertz CT molecular complexity index is 791. The summed E-state index contributed by atoms with van der Waals surface area (Å²) in [6, 6.07) is 6.99. The van der Waals surface area contributed by atoms with Crippen LogP contribution in [0, 0.1) is 5.92 Å². The number of ether oxygens (including phenoxy) is 1. The third-order valence-electron chi connectivity index (χ3n) is 4.49. The molecule has 1 aromatic heterocycles. The van der Waals surface area contributed by atoms with Gasteiger partial charge in [-0.15, -0.1) is 10.2 Å². The third kappa shape index (κ3) is 6.53. The van der Waals surface area contributed by atoms with Gasteiger partial charge in [0.25, 0.3) is 11.1 Å². The number of halogens is 1. The Morgan fingerprint density at radius 1 is 1.18 bits per heavy atom. The largest absolute Gasteiger partial charge is 0.455 e. The van der Waals surface area contributed by atoms with Gasteiger partial charge in [-0.25, -0.2) is 0 Å². The molecule has 1 aromatic carbocycles. The molecule has 0 spiro atoms. The zero-order chi connectivity index (χ0) is 19.8. The van der Waals surface area contributed by atoms with E-state index in [0.29, 0.717) is 23.4 Å². The van der Waals surface area contributed by atoms with Crippen LogP contribution in [-0.4, -0.2) is 41.0 Å². The highest BCUT2D eigenvalue weighted by atomic mass is 35.5. The number of carbonyl (C=O) groups excluding carboxylic acids is 2. The molecule has 1 fully saturated rings. The van der Waals surface area contributed by atoms with Gasteiger partial charge in [0.05, 0.1) is 0 Å². The van der Waals surface area contributed by atoms with E-state index in [-0.39, 0.29) is 23.5 Å². The smallest absolute Gasteiger partial charge is 0.316 e. The minimum atomic E-state index is -0.510. The Labute approximate surface area is 172 Å². The van der Waals surface area contributed by atoms with Crippen LogP contribution >= 0.6 is 23.4 Å². The van der Waals surface area contributed by atoms with E-state index < -0.39 is 5.97 Å². The number of benzene rings is 1. The highest BCUT2D eigenvalue weighted by molar-refractivity contribution is 7.99. The molecule has 0 atom stereocenters. The second-order valence-electron chi connectivity index (χ2n) is 6.64. The van der Waals surface area contributed by atoms with Crippen LogP contribution in [0.15, 0.2) is 33.9 Å². The molecule has 3 rings (SSSR count). The molecule has 0 bridgehead atoms. The van der Waals surface area contributed by atoms with E-state index >= 15 is 0 Å². The average molecular weight is 424 g/mol. The number of amides is 1. The van der Waals surface area contributed by atoms with Crippen LogP contribution < -0.4 is 5.32 Å². The summed E-state index contributed by atoms with van der Waals surface area (Å²) in [6.07, 6.45) is 6.03. The van der Waals surface area contributed by atoms with Crippen LogP contribution in [0.5, 0.6) is 0 Å². The van der Waals surface area contributed by atoms with E-state index in [1.54, 1.807) is 24.3 Å². The third-order valence-corrected chi connectivity index (χ3v) is 5.53. The quantitative estimate of drug-likeness (QED) is 0.510. The van der Waals surface area contributed by atoms with Gasteiger partial charge < -0.3 is 14.5 Å². The Balaban J connectivity index is 1.35. The lowest BCUT2D eigenvalue weighted by Crippen LogP contribution is -2.33. The first-order valence-corrected chi connectivity index (χ1v) is 10.6. The number of nitrogens with zero attached hydrogens (tertiary/aromatic N) is 2. The van der Waals surface area contributed by atoms with Crippen LogP contribution in [-0.2, 0) is 14.3 Å². The van der Waals surface area contributed by atoms with E-state index in [0.717, 1.165) is 30.2 Å². The first-order chi connectivity index (χ1) is 13.6. The summed E-state index contributed by atoms with van der Waals surface area (Å²) in [7, 11) is 0. The lowest BCUT2D eigenvalue weighted by atomic mass is 9.89. The Morgan fingerprint density at radius 2 is 1.93 bits per heavy atom. The van der Waals surface area contributed by atoms with E-state index in [2.05, 4.69) is 15.5 Å². The molecule has 28 heavy (non-hydrogen) atoms. The molecule has 0 radical (unpaired) electrons. The SMILES string of the molecule is O=C(COC(=O)CSc1nnc(-c2ccc(Cl)cc2)o1)NCC1CCCCC1. The summed E-state index contributed by atoms with van der Waals surface area (Å²) >= 11 is 6.91. The van der Waals surface area contributed by atoms with Crippen LogP contribution in [0.1, 0.15) is 32.1 Å². The maximum atomic E-state index is 11.8. The molecule has 7 nitrogen and oxygen atoms in total. The molecule has 0 unspecified atom stereocenters. The van der Waals surface area contributed by atoms with Gasteiger partial charge in [-0.2, -0.15) is 0 Å². The number of thioether (sulfide) groups is 1. The Hall–Kier alpha value is -2.06. The van der Waals surface area contributed by atoms with Crippen molar-refractivity contribution in [2.24, 2.45) is 5.92 Å². The van der Waals surface area contributed by atoms with Gasteiger partial charge in [0, 0.05) is 17.1 Å². The minimum absolute atomic E-state index is 0.0157. The van der Waals surface area contributed by atoms with Crippen LogP contribution in [0.3, 0.4) is 0 Å². The lowest BCUT2D eigenvalue weighted by Gasteiger charge is -2.21. The first-order valence-electron chi connectivity index (χ1n) is 9.25. The molecule has 1 saturated carbocycles. The maximum Gasteiger partial charge on any atom is 0.316 e. The van der Waals surface area contributed by atoms with Gasteiger partial charge in [-0.3, -0.25) is 9.59 Å². The van der Waals surface area contributed by atoms with Gasteiger partial charge in [-0.05, 0) is 43.0 Å². The fourth-order valence-electron chi connectivity index (χ4n) is 2.99. The predicted octanol–water partition coefficient (Wildman–Crippen LogP) is 3.72. The minimum Gasteiger partial charge on any atom is -0.455 e. The zero-order valence-electron chi connectivity index (χ0n) is 15.4. The number of carbonyl (C=O) groups is 2. The summed E-state index contributed by atoms with van der Waals surface area (Å²) in [5.41, 5.74) is 0.737. The van der Waals surface area contributed by atoms with Crippen molar-refractivity contribution < 1.29 is 18.7 Å². The molecule has 1 aliphatic rings. The molecule has 150 valence electrons. The summed E-state index contributed by atoms with van der Waals surface area (Å²) in [6.45, 7) is 0.382. The molecule has 1 amide bonds. The Morgan fingerprint density at radius 3 is 2.68 bits per heavy atom. The first kappa shape index (κ1) is 20.7. The highest BCUT2D eigenvalue weighted by Gasteiger charge is 2.16. The fourth-order valence-corrected chi connectivity index (χ4v) is 3.67. The van der Waals surface area contributed by atoms with Crippen molar-refractivity contribution in [2.45, 2.75) is 37.3 Å². The average Bonchev–Trinajstić information content (AvgIpc) is 3.19. The van der Waals surface area contributed by atoms with Gasteiger partial charge in [-0.1, -0.05) is 42.6 Å². The van der Waals surface area contributed by atoms with Crippen molar-refractivity contribution in [1.29, 1.82) is 0 Å². The maximum absolute atomic E-state index is 11.8. The number of hydrogen-bond donors (Lipinski definition) is 1. The predicted molar refractivity (Wildman–Crippen MR) is 106 cm³/mol. The van der Waals surface area contributed by atoms with Crippen molar-refractivity contribution in [2.75, 3.05) is 18.9 Å². The summed E-state index contributed by atoms with van der Waals surface area (Å²) in [5.74, 6) is 0.0831. The van der Waals surface area contributed by atoms with E-state index in [4.69, 9.17) is 20.8 Å². The topological polar surface area (TPSA) is 94.3 Å². The summed E-state index contributed by atoms with van der Waals surface area (Å²) in [4.78, 5) is 23.6. The van der Waals surface area contributed by atoms with Crippen LogP contribution in [0.2, 0.25) is 5.02 Å². The fraction of sp³-hybridized carbons (Fsp3) is 0.474. The van der Waals surface area contributed by atoms with Crippen molar-refractivity contribution in [3.8, 4) is 11.5 Å². The number of hydrogen-bond acceptors (Lipinski definition) is 7. The Kier molecular flexibility index (Phi) is 7.73. The van der Waals surface area contributed by atoms with Gasteiger partial charge >= 0.3 is 5.97 Å². The number of rotatable bonds is 8. The van der Waals surface area contributed by atoms with Crippen LogP contribution in [0.4, 0.5) is 0 Å². The molecule has 2 aromatic rings. The van der Waals surface area contributed by atoms with Crippen LogP contribution in [0.25, 0.3) is 11.5 Å². The van der Waals surface area contributed by atoms with E-state index in [1.165, 1.54) is 19.3 Å². The molecular weight excluding hydrogens is 402 g/mol. The second kappa shape index (κ2) is 10.5. The molecule has 1 N–H and O–H groups in total. The van der Waals surface area contributed by atoms with Crippen molar-refractivity contribution >= 4 is 35.2 Å².